The Hall–Kier alpha value is -6.38. The van der Waals surface area contributed by atoms with Crippen molar-refractivity contribution in [2.45, 2.75) is 143 Å². The van der Waals surface area contributed by atoms with Crippen LogP contribution in [0.2, 0.25) is 0 Å². The normalized spacial score (nSPS) is 24.9. The molecular weight excluding hydrogens is 875 g/mol. The van der Waals surface area contributed by atoms with Crippen molar-refractivity contribution in [2.75, 3.05) is 28.3 Å². The maximum Gasteiger partial charge on any atom is 0.333 e. The smallest absolute Gasteiger partial charge is 0.333 e. The highest BCUT2D eigenvalue weighted by Crippen LogP contribution is 2.21. The van der Waals surface area contributed by atoms with Crippen LogP contribution in [0.1, 0.15) is 81.2 Å². The summed E-state index contributed by atoms with van der Waals surface area (Å²) in [6.45, 7) is 18.3. The van der Waals surface area contributed by atoms with Crippen molar-refractivity contribution in [1.82, 2.24) is 36.0 Å². The first-order chi connectivity index (χ1) is 31.1. The summed E-state index contributed by atoms with van der Waals surface area (Å²) < 4.78 is 23.0. The van der Waals surface area contributed by atoms with E-state index in [0.29, 0.717) is 5.56 Å². The lowest BCUT2D eigenvalue weighted by Crippen LogP contribution is -2.63. The van der Waals surface area contributed by atoms with Gasteiger partial charge in [0.05, 0.1) is 6.10 Å². The predicted octanol–water partition coefficient (Wildman–Crippen LogP) is 0.380. The molecule has 4 N–H and O–H groups in total. The second-order valence-electron chi connectivity index (χ2n) is 17.4. The molecule has 1 aromatic rings. The Morgan fingerprint density at radius 3 is 1.93 bits per heavy atom. The Morgan fingerprint density at radius 2 is 1.40 bits per heavy atom. The number of esters is 3. The molecule has 21 heteroatoms. The van der Waals surface area contributed by atoms with Crippen molar-refractivity contribution in [3.63, 3.8) is 0 Å². The van der Waals surface area contributed by atoms with E-state index in [-0.39, 0.29) is 18.8 Å². The van der Waals surface area contributed by atoms with Crippen LogP contribution >= 0.6 is 0 Å². The van der Waals surface area contributed by atoms with Crippen LogP contribution in [0.4, 0.5) is 0 Å². The van der Waals surface area contributed by atoms with E-state index in [1.165, 1.54) is 62.9 Å². The maximum absolute atomic E-state index is 14.9. The predicted molar refractivity (Wildman–Crippen MR) is 242 cm³/mol. The first-order valence-corrected chi connectivity index (χ1v) is 22.0. The monoisotopic (exact) mass is 943 g/mol. The highest BCUT2D eigenvalue weighted by atomic mass is 16.6. The number of methoxy groups -OCH3 is 1. The van der Waals surface area contributed by atoms with Crippen LogP contribution < -0.4 is 21.3 Å². The van der Waals surface area contributed by atoms with Gasteiger partial charge in [0.2, 0.25) is 29.5 Å². The van der Waals surface area contributed by atoms with Crippen LogP contribution in [0.15, 0.2) is 42.6 Å². The van der Waals surface area contributed by atoms with Crippen molar-refractivity contribution >= 4 is 59.3 Å². The molecule has 1 heterocycles. The summed E-state index contributed by atoms with van der Waals surface area (Å²) in [5, 5.41) is 10.0. The zero-order valence-electron chi connectivity index (χ0n) is 41.0. The van der Waals surface area contributed by atoms with Crippen molar-refractivity contribution in [2.24, 2.45) is 11.8 Å². The molecule has 0 saturated carbocycles. The Kier molecular flexibility index (Phi) is 21.6. The SMILES string of the molecule is C=C1C(=O)N[C@@H](C)C(=O)N(C)[C@@H](C)C(=O)N[C@@H]([C@H](OC(=O)[C@H](CC(C)C)NC(C)=O)C(C)C)C(=O)N(C)[C@@H]([C@@H](C)OC)C(=O)O[C@H](C)[C@H](NC(C)=O)C(=O)O[C@H](Cc2ccccc2)C(=O)N1C. The number of likely N-dealkylation sites (N-methyl/N-ethyl adjacent to an activating group) is 3. The van der Waals surface area contributed by atoms with E-state index >= 15 is 0 Å². The number of cyclic esters (lactones) is 2. The number of amides is 7. The third kappa shape index (κ3) is 15.9. The molecule has 0 spiro atoms. The van der Waals surface area contributed by atoms with Gasteiger partial charge in [0, 0.05) is 48.5 Å². The maximum atomic E-state index is 14.9. The van der Waals surface area contributed by atoms with E-state index in [1.54, 1.807) is 44.2 Å². The number of hydrogen-bond acceptors (Lipinski definition) is 14. The molecule has 1 fully saturated rings. The van der Waals surface area contributed by atoms with Gasteiger partial charge in [-0.25, -0.2) is 14.4 Å². The summed E-state index contributed by atoms with van der Waals surface area (Å²) in [4.78, 5) is 140. The van der Waals surface area contributed by atoms with E-state index in [2.05, 4.69) is 27.8 Å². The van der Waals surface area contributed by atoms with Gasteiger partial charge in [-0.3, -0.25) is 33.6 Å². The second-order valence-corrected chi connectivity index (χ2v) is 17.4. The van der Waals surface area contributed by atoms with Crippen molar-refractivity contribution < 1.29 is 66.9 Å². The molecule has 0 aromatic heterocycles. The first-order valence-electron chi connectivity index (χ1n) is 22.0. The minimum atomic E-state index is -1.77. The van der Waals surface area contributed by atoms with Crippen molar-refractivity contribution in [3.05, 3.63) is 48.2 Å². The number of carbonyl (C=O) groups is 10. The molecular formula is C46H69N7O14. The van der Waals surface area contributed by atoms with Crippen LogP contribution in [-0.4, -0.2) is 163 Å². The molecule has 1 aliphatic heterocycles. The third-order valence-electron chi connectivity index (χ3n) is 11.2. The molecule has 21 nitrogen and oxygen atoms in total. The average Bonchev–Trinajstić information content (AvgIpc) is 3.26. The molecule has 2 rings (SSSR count). The Labute approximate surface area is 392 Å². The Morgan fingerprint density at radius 1 is 0.806 bits per heavy atom. The summed E-state index contributed by atoms with van der Waals surface area (Å²) >= 11 is 0. The van der Waals surface area contributed by atoms with Crippen LogP contribution in [0.5, 0.6) is 0 Å². The minimum Gasteiger partial charge on any atom is -0.458 e. The van der Waals surface area contributed by atoms with Gasteiger partial charge in [-0.1, -0.05) is 64.6 Å². The van der Waals surface area contributed by atoms with Gasteiger partial charge >= 0.3 is 17.9 Å². The molecule has 67 heavy (non-hydrogen) atoms. The van der Waals surface area contributed by atoms with Gasteiger partial charge in [0.25, 0.3) is 11.8 Å². The standard InChI is InChI=1S/C46H69N7O14/c1-23(2)21-33(48-30(10)54)44(61)67-38(24(3)4)36-43(60)53(14)37(29(9)64-15)46(63)65-28(8)35(49-31(11)55)45(62)66-34(22-32-19-17-16-18-20-32)42(59)52(13)26(6)39(56)47-25(5)41(58)51(12)27(7)40(57)50-36/h16-20,23-25,27-29,33-38H,6,21-22H2,1-5,7-15H3,(H,47,56)(H,48,54)(H,49,55)(H,50,57)/t25-,27-,28+,29+,33-,34+,35-,36-,37-,38+/m0/s1. The summed E-state index contributed by atoms with van der Waals surface area (Å²) in [6.07, 6.45) is -5.85. The van der Waals surface area contributed by atoms with Crippen LogP contribution in [0, 0.1) is 11.8 Å². The Balaban J connectivity index is 2.88. The molecule has 0 bridgehead atoms. The molecule has 1 aliphatic rings. The summed E-state index contributed by atoms with van der Waals surface area (Å²) in [5.41, 5.74) is 0.0803. The zero-order chi connectivity index (χ0) is 51.2. The lowest BCUT2D eigenvalue weighted by Gasteiger charge is -2.38. The molecule has 7 amide bonds. The molecule has 0 unspecified atom stereocenters. The van der Waals surface area contributed by atoms with E-state index < -0.39 is 132 Å². The summed E-state index contributed by atoms with van der Waals surface area (Å²) in [5.74, 6) is -9.98. The molecule has 1 aromatic carbocycles. The van der Waals surface area contributed by atoms with Gasteiger partial charge in [0.15, 0.2) is 18.2 Å². The zero-order valence-corrected chi connectivity index (χ0v) is 41.0. The number of hydrogen-bond donors (Lipinski definition) is 4. The van der Waals surface area contributed by atoms with Crippen LogP contribution in [-0.2, 0) is 73.3 Å². The van der Waals surface area contributed by atoms with E-state index in [9.17, 15) is 47.9 Å². The highest BCUT2D eigenvalue weighted by molar-refractivity contribution is 6.01. The fourth-order valence-corrected chi connectivity index (χ4v) is 7.09. The quantitative estimate of drug-likeness (QED) is 0.126. The molecule has 0 radical (unpaired) electrons. The van der Waals surface area contributed by atoms with Crippen LogP contribution in [0.3, 0.4) is 0 Å². The van der Waals surface area contributed by atoms with Gasteiger partial charge in [0.1, 0.15) is 42.1 Å². The fraction of sp³-hybridized carbons (Fsp3) is 0.609. The lowest BCUT2D eigenvalue weighted by atomic mass is 9.96. The first kappa shape index (κ1) is 56.7. The van der Waals surface area contributed by atoms with Gasteiger partial charge < -0.3 is 54.9 Å². The number of ether oxygens (including phenoxy) is 4. The largest absolute Gasteiger partial charge is 0.458 e. The van der Waals surface area contributed by atoms with Crippen molar-refractivity contribution in [3.8, 4) is 0 Å². The second kappa shape index (κ2) is 25.5. The molecule has 372 valence electrons. The topological polar surface area (TPSA) is 265 Å². The molecule has 1 saturated heterocycles. The van der Waals surface area contributed by atoms with E-state index in [0.717, 1.165) is 21.6 Å². The number of nitrogens with one attached hydrogen (secondary N) is 4. The number of carbonyl (C=O) groups excluding carboxylic acids is 10. The highest BCUT2D eigenvalue weighted by Gasteiger charge is 2.45. The Bertz CT molecular complexity index is 1990. The molecule has 10 atom stereocenters. The number of benzene rings is 1. The van der Waals surface area contributed by atoms with Gasteiger partial charge in [-0.15, -0.1) is 0 Å². The third-order valence-corrected chi connectivity index (χ3v) is 11.2. The lowest BCUT2D eigenvalue weighted by molar-refractivity contribution is -0.173. The van der Waals surface area contributed by atoms with Gasteiger partial charge in [-0.2, -0.15) is 0 Å². The minimum absolute atomic E-state index is 0.0944. The summed E-state index contributed by atoms with van der Waals surface area (Å²) in [7, 11) is 4.93. The molecule has 0 aliphatic carbocycles. The average molecular weight is 944 g/mol. The fourth-order valence-electron chi connectivity index (χ4n) is 7.09. The van der Waals surface area contributed by atoms with Crippen molar-refractivity contribution in [1.29, 1.82) is 0 Å². The van der Waals surface area contributed by atoms with Crippen LogP contribution in [0.25, 0.3) is 0 Å². The summed E-state index contributed by atoms with van der Waals surface area (Å²) in [6, 6.07) is -0.564. The number of rotatable bonds is 12. The van der Waals surface area contributed by atoms with E-state index in [4.69, 9.17) is 18.9 Å². The number of nitrogens with zero attached hydrogens (tertiary/aromatic N) is 3. The van der Waals surface area contributed by atoms with E-state index in [1.807, 2.05) is 13.8 Å². The van der Waals surface area contributed by atoms with Gasteiger partial charge in [-0.05, 0) is 51.5 Å².